The first kappa shape index (κ1) is 17.7. The zero-order valence-electron chi connectivity index (χ0n) is 13.6. The molecule has 0 fully saturated rings. The van der Waals surface area contributed by atoms with Gasteiger partial charge in [0.2, 0.25) is 0 Å². The summed E-state index contributed by atoms with van der Waals surface area (Å²) < 4.78 is 10.4. The number of rotatable bonds is 7. The third-order valence-corrected chi connectivity index (χ3v) is 3.15. The van der Waals surface area contributed by atoms with E-state index in [1.54, 1.807) is 62.4 Å². The second-order valence-electron chi connectivity index (χ2n) is 5.20. The lowest BCUT2D eigenvalue weighted by atomic mass is 10.3. The fourth-order valence-electron chi connectivity index (χ4n) is 1.75. The summed E-state index contributed by atoms with van der Waals surface area (Å²) >= 11 is 0. The highest BCUT2D eigenvalue weighted by Gasteiger charge is 2.19. The molecule has 0 spiro atoms. The smallest absolute Gasteiger partial charge is 0.329 e. The molecule has 2 aromatic rings. The Hall–Kier alpha value is -2.70. The monoisotopic (exact) mass is 328 g/mol. The zero-order valence-corrected chi connectivity index (χ0v) is 13.6. The van der Waals surface area contributed by atoms with Crippen LogP contribution in [0.3, 0.4) is 0 Å². The maximum absolute atomic E-state index is 11.9. The molecule has 6 nitrogen and oxygen atoms in total. The van der Waals surface area contributed by atoms with Crippen molar-refractivity contribution in [1.29, 1.82) is 0 Å². The molecule has 126 valence electrons. The molecule has 0 saturated heterocycles. The average Bonchev–Trinajstić information content (AvgIpc) is 2.61. The third-order valence-electron chi connectivity index (χ3n) is 3.15. The number of carbonyl (C=O) groups is 2. The Bertz CT molecular complexity index is 602. The van der Waals surface area contributed by atoms with Gasteiger partial charge in [-0.15, -0.1) is 0 Å². The van der Waals surface area contributed by atoms with E-state index in [-0.39, 0.29) is 0 Å². The molecule has 0 aliphatic heterocycles. The van der Waals surface area contributed by atoms with Crippen molar-refractivity contribution >= 4 is 11.9 Å². The lowest BCUT2D eigenvalue weighted by Gasteiger charge is -2.17. The van der Waals surface area contributed by atoms with Gasteiger partial charge in [-0.25, -0.2) is 20.4 Å². The van der Waals surface area contributed by atoms with Crippen molar-refractivity contribution in [1.82, 2.24) is 10.9 Å². The number of benzene rings is 2. The first-order chi connectivity index (χ1) is 11.6. The normalized spacial score (nSPS) is 12.9. The standard InChI is InChI=1S/C18H20N2O4/c1-13(17(21)23-15-9-5-3-6-10-15)19-20-14(2)18(22)24-16-11-7-4-8-12-16/h3-14,19-20H,1-2H3. The van der Waals surface area contributed by atoms with Gasteiger partial charge >= 0.3 is 11.9 Å². The molecule has 0 aliphatic carbocycles. The molecular weight excluding hydrogens is 308 g/mol. The van der Waals surface area contributed by atoms with Crippen LogP contribution >= 0.6 is 0 Å². The predicted molar refractivity (Wildman–Crippen MR) is 89.3 cm³/mol. The minimum Gasteiger partial charge on any atom is -0.425 e. The van der Waals surface area contributed by atoms with Crippen molar-refractivity contribution in [3.63, 3.8) is 0 Å². The molecule has 2 aromatic carbocycles. The molecule has 0 saturated carbocycles. The zero-order chi connectivity index (χ0) is 17.4. The van der Waals surface area contributed by atoms with E-state index in [1.807, 2.05) is 12.1 Å². The number of nitrogens with one attached hydrogen (secondary N) is 2. The maximum atomic E-state index is 11.9. The highest BCUT2D eigenvalue weighted by molar-refractivity contribution is 5.79. The quantitative estimate of drug-likeness (QED) is 0.460. The van der Waals surface area contributed by atoms with Crippen LogP contribution in [0.4, 0.5) is 0 Å². The van der Waals surface area contributed by atoms with Crippen LogP contribution in [0.1, 0.15) is 13.8 Å². The number of carbonyl (C=O) groups excluding carboxylic acids is 2. The third kappa shape index (κ3) is 5.49. The Morgan fingerprint density at radius 2 is 1.04 bits per heavy atom. The number of hydrogen-bond donors (Lipinski definition) is 2. The number of esters is 2. The van der Waals surface area contributed by atoms with Crippen LogP contribution in [0.5, 0.6) is 11.5 Å². The number of hydrogen-bond acceptors (Lipinski definition) is 6. The minimum atomic E-state index is -0.641. The lowest BCUT2D eigenvalue weighted by molar-refractivity contribution is -0.139. The summed E-state index contributed by atoms with van der Waals surface area (Å²) in [5.74, 6) is 0.00928. The van der Waals surface area contributed by atoms with Crippen molar-refractivity contribution in [3.8, 4) is 11.5 Å². The van der Waals surface area contributed by atoms with E-state index < -0.39 is 24.0 Å². The van der Waals surface area contributed by atoms with Crippen molar-refractivity contribution in [2.75, 3.05) is 0 Å². The molecule has 2 unspecified atom stereocenters. The van der Waals surface area contributed by atoms with Gasteiger partial charge in [-0.3, -0.25) is 0 Å². The highest BCUT2D eigenvalue weighted by atomic mass is 16.5. The Morgan fingerprint density at radius 3 is 1.38 bits per heavy atom. The van der Waals surface area contributed by atoms with Crippen LogP contribution in [0.25, 0.3) is 0 Å². The molecule has 0 heterocycles. The van der Waals surface area contributed by atoms with Crippen LogP contribution < -0.4 is 20.3 Å². The molecule has 2 N–H and O–H groups in total. The van der Waals surface area contributed by atoms with Gasteiger partial charge in [-0.2, -0.15) is 0 Å². The Balaban J connectivity index is 1.77. The molecule has 0 radical (unpaired) electrons. The van der Waals surface area contributed by atoms with Gasteiger partial charge in [0, 0.05) is 0 Å². The molecular formula is C18H20N2O4. The van der Waals surface area contributed by atoms with Crippen molar-refractivity contribution in [2.24, 2.45) is 0 Å². The summed E-state index contributed by atoms with van der Waals surface area (Å²) in [6, 6.07) is 16.3. The number of ether oxygens (including phenoxy) is 2. The van der Waals surface area contributed by atoms with Crippen LogP contribution in [-0.2, 0) is 9.59 Å². The van der Waals surface area contributed by atoms with Gasteiger partial charge in [0.15, 0.2) is 0 Å². The number of hydrazine groups is 1. The van der Waals surface area contributed by atoms with E-state index in [0.29, 0.717) is 11.5 Å². The fourth-order valence-corrected chi connectivity index (χ4v) is 1.75. The summed E-state index contributed by atoms with van der Waals surface area (Å²) in [5, 5.41) is 0. The van der Waals surface area contributed by atoms with E-state index in [9.17, 15) is 9.59 Å². The minimum absolute atomic E-state index is 0.461. The Labute approximate surface area is 140 Å². The lowest BCUT2D eigenvalue weighted by Crippen LogP contribution is -2.52. The van der Waals surface area contributed by atoms with Crippen LogP contribution in [0, 0.1) is 0 Å². The molecule has 2 atom stereocenters. The second kappa shape index (κ2) is 8.81. The molecule has 2 rings (SSSR count). The van der Waals surface area contributed by atoms with Gasteiger partial charge in [-0.1, -0.05) is 36.4 Å². The first-order valence-corrected chi connectivity index (χ1v) is 7.61. The number of para-hydroxylation sites is 2. The van der Waals surface area contributed by atoms with E-state index in [1.165, 1.54) is 0 Å². The summed E-state index contributed by atoms with van der Waals surface area (Å²) in [6.45, 7) is 3.26. The fraction of sp³-hybridized carbons (Fsp3) is 0.222. The molecule has 0 bridgehead atoms. The summed E-state index contributed by atoms with van der Waals surface area (Å²) in [7, 11) is 0. The van der Waals surface area contributed by atoms with E-state index in [2.05, 4.69) is 10.9 Å². The highest BCUT2D eigenvalue weighted by Crippen LogP contribution is 2.10. The second-order valence-corrected chi connectivity index (χ2v) is 5.20. The van der Waals surface area contributed by atoms with Gasteiger partial charge in [0.25, 0.3) is 0 Å². The summed E-state index contributed by atoms with van der Waals surface area (Å²) in [5.41, 5.74) is 5.49. The predicted octanol–water partition coefficient (Wildman–Crippen LogP) is 2.07. The largest absolute Gasteiger partial charge is 0.425 e. The molecule has 6 heteroatoms. The van der Waals surface area contributed by atoms with Crippen LogP contribution in [0.2, 0.25) is 0 Å². The van der Waals surface area contributed by atoms with Crippen LogP contribution in [-0.4, -0.2) is 24.0 Å². The molecule has 0 aliphatic rings. The molecule has 0 amide bonds. The molecule has 24 heavy (non-hydrogen) atoms. The first-order valence-electron chi connectivity index (χ1n) is 7.61. The van der Waals surface area contributed by atoms with Gasteiger partial charge < -0.3 is 9.47 Å². The summed E-state index contributed by atoms with van der Waals surface area (Å²) in [6.07, 6.45) is 0. The van der Waals surface area contributed by atoms with Crippen molar-refractivity contribution < 1.29 is 19.1 Å². The Kier molecular flexibility index (Phi) is 6.48. The topological polar surface area (TPSA) is 76.7 Å². The van der Waals surface area contributed by atoms with E-state index in [0.717, 1.165) is 0 Å². The van der Waals surface area contributed by atoms with Crippen LogP contribution in [0.15, 0.2) is 60.7 Å². The Morgan fingerprint density at radius 1 is 0.708 bits per heavy atom. The summed E-state index contributed by atoms with van der Waals surface area (Å²) in [4.78, 5) is 23.9. The SMILES string of the molecule is CC(NNC(C)C(=O)Oc1ccccc1)C(=O)Oc1ccccc1. The van der Waals surface area contributed by atoms with E-state index >= 15 is 0 Å². The van der Waals surface area contributed by atoms with Crippen molar-refractivity contribution in [2.45, 2.75) is 25.9 Å². The van der Waals surface area contributed by atoms with Gasteiger partial charge in [0.1, 0.15) is 23.6 Å². The van der Waals surface area contributed by atoms with E-state index in [4.69, 9.17) is 9.47 Å². The van der Waals surface area contributed by atoms with Crippen molar-refractivity contribution in [3.05, 3.63) is 60.7 Å². The average molecular weight is 328 g/mol. The van der Waals surface area contributed by atoms with Gasteiger partial charge in [-0.05, 0) is 38.1 Å². The van der Waals surface area contributed by atoms with Gasteiger partial charge in [0.05, 0.1) is 0 Å². The maximum Gasteiger partial charge on any atom is 0.329 e. The molecule has 0 aromatic heterocycles.